The molecule has 1 aliphatic carbocycles. The molecule has 1 rings (SSSR count). The SMILES string of the molecule is CC1(C(=O)O)C=C(S(=O)(=O)O)CC(C)(C(=O)O)C1.[Li]. The van der Waals surface area contributed by atoms with Gasteiger partial charge in [-0.25, -0.2) is 0 Å². The van der Waals surface area contributed by atoms with Gasteiger partial charge in [-0.05, 0) is 20.3 Å². The second-order valence-electron chi connectivity index (χ2n) is 5.03. The van der Waals surface area contributed by atoms with E-state index in [0.29, 0.717) is 0 Å². The average molecular weight is 285 g/mol. The number of carboxylic acids is 2. The van der Waals surface area contributed by atoms with E-state index in [1.807, 2.05) is 0 Å². The van der Waals surface area contributed by atoms with Gasteiger partial charge in [-0.3, -0.25) is 14.1 Å². The first-order valence-corrected chi connectivity index (χ1v) is 6.51. The molecule has 0 bridgehead atoms. The van der Waals surface area contributed by atoms with E-state index >= 15 is 0 Å². The smallest absolute Gasteiger partial charge is 0.313 e. The van der Waals surface area contributed by atoms with Crippen LogP contribution in [0.25, 0.3) is 0 Å². The van der Waals surface area contributed by atoms with Gasteiger partial charge in [0.15, 0.2) is 0 Å². The Hall–Kier alpha value is -0.813. The van der Waals surface area contributed by atoms with Crippen LogP contribution in [-0.4, -0.2) is 54.0 Å². The first-order valence-electron chi connectivity index (χ1n) is 5.07. The molecule has 0 aromatic carbocycles. The summed E-state index contributed by atoms with van der Waals surface area (Å²) in [6, 6.07) is 0. The van der Waals surface area contributed by atoms with E-state index in [-0.39, 0.29) is 25.3 Å². The maximum absolute atomic E-state index is 11.2. The minimum absolute atomic E-state index is 0. The molecule has 0 fully saturated rings. The maximum Gasteiger partial charge on any atom is 0.313 e. The van der Waals surface area contributed by atoms with E-state index in [1.165, 1.54) is 13.8 Å². The van der Waals surface area contributed by atoms with Crippen molar-refractivity contribution in [2.75, 3.05) is 0 Å². The monoisotopic (exact) mass is 285 g/mol. The van der Waals surface area contributed by atoms with Gasteiger partial charge in [0.25, 0.3) is 10.1 Å². The molecule has 0 spiro atoms. The van der Waals surface area contributed by atoms with Gasteiger partial charge in [-0.15, -0.1) is 0 Å². The zero-order valence-corrected chi connectivity index (χ0v) is 11.7. The summed E-state index contributed by atoms with van der Waals surface area (Å²) in [5, 5.41) is 18.2. The van der Waals surface area contributed by atoms with Gasteiger partial charge in [0.05, 0.1) is 15.7 Å². The van der Waals surface area contributed by atoms with Crippen LogP contribution in [-0.2, 0) is 19.7 Å². The number of carbonyl (C=O) groups is 2. The number of hydrogen-bond acceptors (Lipinski definition) is 4. The van der Waals surface area contributed by atoms with E-state index in [0.717, 1.165) is 6.08 Å². The molecular formula is C10H14LiO7S. The van der Waals surface area contributed by atoms with Crippen LogP contribution < -0.4 is 0 Å². The average Bonchev–Trinajstić information content (AvgIpc) is 2.14. The van der Waals surface area contributed by atoms with Gasteiger partial charge in [0, 0.05) is 25.3 Å². The van der Waals surface area contributed by atoms with Crippen molar-refractivity contribution in [1.29, 1.82) is 0 Å². The predicted octanol–water partition coefficient (Wildman–Crippen LogP) is 0.353. The minimum Gasteiger partial charge on any atom is -0.481 e. The molecule has 9 heteroatoms. The molecule has 7 nitrogen and oxygen atoms in total. The largest absolute Gasteiger partial charge is 0.481 e. The molecule has 1 radical (unpaired) electrons. The summed E-state index contributed by atoms with van der Waals surface area (Å²) in [4.78, 5) is 21.7. The molecule has 0 saturated carbocycles. The fraction of sp³-hybridized carbons (Fsp3) is 0.600. The van der Waals surface area contributed by atoms with E-state index in [9.17, 15) is 18.0 Å². The number of rotatable bonds is 3. The van der Waals surface area contributed by atoms with E-state index < -0.39 is 44.2 Å². The third kappa shape index (κ3) is 3.60. The van der Waals surface area contributed by atoms with Gasteiger partial charge in [0.2, 0.25) is 0 Å². The predicted molar refractivity (Wildman–Crippen MR) is 66.1 cm³/mol. The fourth-order valence-electron chi connectivity index (χ4n) is 2.17. The van der Waals surface area contributed by atoms with E-state index in [1.54, 1.807) is 0 Å². The maximum atomic E-state index is 11.2. The Kier molecular flexibility index (Phi) is 5.06. The normalized spacial score (nSPS) is 31.0. The molecule has 2 unspecified atom stereocenters. The van der Waals surface area contributed by atoms with Gasteiger partial charge in [-0.2, -0.15) is 8.42 Å². The van der Waals surface area contributed by atoms with E-state index in [4.69, 9.17) is 14.8 Å². The quantitative estimate of drug-likeness (QED) is 0.504. The Balaban J connectivity index is 0.00000324. The topological polar surface area (TPSA) is 129 Å². The third-order valence-corrected chi connectivity index (χ3v) is 4.06. The summed E-state index contributed by atoms with van der Waals surface area (Å²) in [6.45, 7) is 2.48. The summed E-state index contributed by atoms with van der Waals surface area (Å²) in [6.07, 6.45) is 0.239. The van der Waals surface area contributed by atoms with Crippen molar-refractivity contribution in [2.24, 2.45) is 10.8 Å². The number of aliphatic carboxylic acids is 2. The van der Waals surface area contributed by atoms with Crippen LogP contribution in [0.2, 0.25) is 0 Å². The Morgan fingerprint density at radius 2 is 1.68 bits per heavy atom. The van der Waals surface area contributed by atoms with Crippen molar-refractivity contribution in [3.05, 3.63) is 11.0 Å². The second-order valence-corrected chi connectivity index (χ2v) is 6.50. The summed E-state index contributed by atoms with van der Waals surface area (Å²) >= 11 is 0. The molecule has 103 valence electrons. The zero-order valence-electron chi connectivity index (χ0n) is 10.9. The molecule has 1 aliphatic rings. The van der Waals surface area contributed by atoms with Gasteiger partial charge >= 0.3 is 11.9 Å². The van der Waals surface area contributed by atoms with Gasteiger partial charge in [0.1, 0.15) is 0 Å². The minimum atomic E-state index is -4.60. The zero-order chi connectivity index (χ0) is 14.4. The molecule has 0 saturated heterocycles. The molecule has 0 heterocycles. The molecule has 0 aromatic rings. The number of allylic oxidation sites excluding steroid dienone is 1. The Morgan fingerprint density at radius 3 is 2.00 bits per heavy atom. The summed E-state index contributed by atoms with van der Waals surface area (Å²) in [5.41, 5.74) is -3.19. The van der Waals surface area contributed by atoms with E-state index in [2.05, 4.69) is 0 Å². The number of hydrogen-bond donors (Lipinski definition) is 3. The van der Waals surface area contributed by atoms with Crippen LogP contribution in [0.15, 0.2) is 11.0 Å². The first-order chi connectivity index (χ1) is 7.91. The van der Waals surface area contributed by atoms with Crippen molar-refractivity contribution >= 4 is 40.9 Å². The molecule has 3 N–H and O–H groups in total. The molecule has 0 amide bonds. The Morgan fingerprint density at radius 1 is 1.21 bits per heavy atom. The van der Waals surface area contributed by atoms with Gasteiger partial charge in [-0.1, -0.05) is 6.08 Å². The van der Waals surface area contributed by atoms with Crippen LogP contribution in [0.5, 0.6) is 0 Å². The van der Waals surface area contributed by atoms with Crippen LogP contribution in [0.1, 0.15) is 26.7 Å². The van der Waals surface area contributed by atoms with Crippen molar-refractivity contribution in [3.8, 4) is 0 Å². The molecular weight excluding hydrogens is 271 g/mol. The van der Waals surface area contributed by atoms with Gasteiger partial charge < -0.3 is 10.2 Å². The van der Waals surface area contributed by atoms with Crippen LogP contribution >= 0.6 is 0 Å². The molecule has 0 aromatic heterocycles. The van der Waals surface area contributed by atoms with Crippen molar-refractivity contribution in [2.45, 2.75) is 26.7 Å². The molecule has 0 aliphatic heterocycles. The Bertz CT molecular complexity index is 538. The number of carboxylic acid groups (broad SMARTS) is 2. The van der Waals surface area contributed by atoms with Crippen LogP contribution in [0, 0.1) is 10.8 Å². The second kappa shape index (κ2) is 5.29. The van der Waals surface area contributed by atoms with Crippen molar-refractivity contribution in [3.63, 3.8) is 0 Å². The Labute approximate surface area is 122 Å². The molecule has 2 atom stereocenters. The van der Waals surface area contributed by atoms with Crippen molar-refractivity contribution < 1.29 is 32.8 Å². The summed E-state index contributed by atoms with van der Waals surface area (Å²) < 4.78 is 31.2. The standard InChI is InChI=1S/C10H14O7S.Li/c1-9(7(11)12)3-6(18(15,16)17)4-10(2,5-9)8(13)14;/h3H,4-5H2,1-2H3,(H,11,12)(H,13,14)(H,15,16,17);. The van der Waals surface area contributed by atoms with Crippen LogP contribution in [0.3, 0.4) is 0 Å². The summed E-state index contributed by atoms with van der Waals surface area (Å²) in [7, 11) is -4.60. The first kappa shape index (κ1) is 18.2. The fourth-order valence-corrected chi connectivity index (χ4v) is 3.08. The van der Waals surface area contributed by atoms with Crippen molar-refractivity contribution in [1.82, 2.24) is 0 Å². The molecule has 19 heavy (non-hydrogen) atoms. The summed E-state index contributed by atoms with van der Waals surface area (Å²) in [5.74, 6) is -2.64. The third-order valence-electron chi connectivity index (χ3n) is 3.14. The van der Waals surface area contributed by atoms with Crippen LogP contribution in [0.4, 0.5) is 0 Å².